The zero-order valence-electron chi connectivity index (χ0n) is 16.1. The highest BCUT2D eigenvalue weighted by Crippen LogP contribution is 2.29. The predicted molar refractivity (Wildman–Crippen MR) is 107 cm³/mol. The van der Waals surface area contributed by atoms with Crippen LogP contribution < -0.4 is 15.5 Å². The van der Waals surface area contributed by atoms with Gasteiger partial charge in [-0.25, -0.2) is 0 Å². The molecule has 0 fully saturated rings. The van der Waals surface area contributed by atoms with E-state index >= 15 is 0 Å². The van der Waals surface area contributed by atoms with Crippen LogP contribution in [-0.4, -0.2) is 36.3 Å². The maximum atomic E-state index is 12.8. The molecule has 8 heteroatoms. The van der Waals surface area contributed by atoms with E-state index in [4.69, 9.17) is 4.74 Å². The lowest BCUT2D eigenvalue weighted by Gasteiger charge is -2.30. The quantitative estimate of drug-likeness (QED) is 0.755. The number of rotatable bonds is 5. The smallest absolute Gasteiger partial charge is 0.311 e. The van der Waals surface area contributed by atoms with Crippen molar-refractivity contribution >= 4 is 40.8 Å². The largest absolute Gasteiger partial charge is 0.452 e. The van der Waals surface area contributed by atoms with Gasteiger partial charge in [-0.1, -0.05) is 24.3 Å². The molecule has 1 heterocycles. The van der Waals surface area contributed by atoms with E-state index in [2.05, 4.69) is 10.6 Å². The third-order valence-corrected chi connectivity index (χ3v) is 4.32. The van der Waals surface area contributed by atoms with Crippen molar-refractivity contribution in [2.75, 3.05) is 22.1 Å². The van der Waals surface area contributed by atoms with Gasteiger partial charge in [0.05, 0.1) is 17.8 Å². The normalized spacial score (nSPS) is 13.7. The SMILES string of the molecule is CC(=O)Nc1ccc(CC(=O)O[C@H](C)C(=O)N2CC(=O)Nc3ccccc32)cc1. The van der Waals surface area contributed by atoms with Gasteiger partial charge in [-0.2, -0.15) is 0 Å². The van der Waals surface area contributed by atoms with Gasteiger partial charge in [0.25, 0.3) is 5.91 Å². The number of benzene rings is 2. The topological polar surface area (TPSA) is 105 Å². The molecule has 0 saturated heterocycles. The van der Waals surface area contributed by atoms with Crippen LogP contribution >= 0.6 is 0 Å². The van der Waals surface area contributed by atoms with Gasteiger partial charge in [0.15, 0.2) is 6.10 Å². The first-order chi connectivity index (χ1) is 13.8. The Morgan fingerprint density at radius 2 is 1.83 bits per heavy atom. The molecule has 2 aromatic rings. The van der Waals surface area contributed by atoms with Crippen molar-refractivity contribution in [3.63, 3.8) is 0 Å². The number of carbonyl (C=O) groups excluding carboxylic acids is 4. The second kappa shape index (κ2) is 8.55. The second-order valence-electron chi connectivity index (χ2n) is 6.68. The highest BCUT2D eigenvalue weighted by Gasteiger charge is 2.31. The van der Waals surface area contributed by atoms with Gasteiger partial charge < -0.3 is 15.4 Å². The van der Waals surface area contributed by atoms with Crippen molar-refractivity contribution in [2.24, 2.45) is 0 Å². The summed E-state index contributed by atoms with van der Waals surface area (Å²) in [4.78, 5) is 49.2. The van der Waals surface area contributed by atoms with Gasteiger partial charge >= 0.3 is 5.97 Å². The molecule has 150 valence electrons. The Balaban J connectivity index is 1.62. The molecule has 2 aromatic carbocycles. The first-order valence-corrected chi connectivity index (χ1v) is 9.10. The van der Waals surface area contributed by atoms with Gasteiger partial charge in [-0.3, -0.25) is 24.1 Å². The number of amides is 3. The summed E-state index contributed by atoms with van der Waals surface area (Å²) >= 11 is 0. The molecule has 0 radical (unpaired) electrons. The Hall–Kier alpha value is -3.68. The summed E-state index contributed by atoms with van der Waals surface area (Å²) in [6, 6.07) is 13.7. The monoisotopic (exact) mass is 395 g/mol. The van der Waals surface area contributed by atoms with Gasteiger partial charge in [0.1, 0.15) is 6.54 Å². The van der Waals surface area contributed by atoms with Crippen LogP contribution in [-0.2, 0) is 30.3 Å². The molecular formula is C21H21N3O5. The second-order valence-corrected chi connectivity index (χ2v) is 6.68. The standard InChI is InChI=1S/C21H21N3O5/c1-13(21(28)24-12-19(26)23-17-5-3-4-6-18(17)24)29-20(27)11-15-7-9-16(10-8-15)22-14(2)25/h3-10,13H,11-12H2,1-2H3,(H,22,25)(H,23,26)/t13-/m1/s1. The van der Waals surface area contributed by atoms with E-state index in [0.29, 0.717) is 22.6 Å². The number of nitrogens with one attached hydrogen (secondary N) is 2. The van der Waals surface area contributed by atoms with Gasteiger partial charge in [-0.05, 0) is 36.8 Å². The number of carbonyl (C=O) groups is 4. The van der Waals surface area contributed by atoms with Crippen LogP contribution in [0.4, 0.5) is 17.1 Å². The minimum absolute atomic E-state index is 0.0188. The summed E-state index contributed by atoms with van der Waals surface area (Å²) in [6.45, 7) is 2.76. The summed E-state index contributed by atoms with van der Waals surface area (Å²) in [6.07, 6.45) is -1.06. The van der Waals surface area contributed by atoms with E-state index in [1.165, 1.54) is 18.7 Å². The molecule has 8 nitrogen and oxygen atoms in total. The first-order valence-electron chi connectivity index (χ1n) is 9.10. The van der Waals surface area contributed by atoms with E-state index < -0.39 is 18.0 Å². The Bertz CT molecular complexity index is 955. The highest BCUT2D eigenvalue weighted by molar-refractivity contribution is 6.11. The Morgan fingerprint density at radius 1 is 1.14 bits per heavy atom. The third kappa shape index (κ3) is 4.98. The zero-order valence-corrected chi connectivity index (χ0v) is 16.1. The van der Waals surface area contributed by atoms with Crippen molar-refractivity contribution in [2.45, 2.75) is 26.4 Å². The number of fused-ring (bicyclic) bond motifs is 1. The zero-order chi connectivity index (χ0) is 21.0. The number of anilines is 3. The molecule has 29 heavy (non-hydrogen) atoms. The van der Waals surface area contributed by atoms with Crippen LogP contribution in [0.1, 0.15) is 19.4 Å². The number of para-hydroxylation sites is 2. The maximum Gasteiger partial charge on any atom is 0.311 e. The highest BCUT2D eigenvalue weighted by atomic mass is 16.5. The van der Waals surface area contributed by atoms with Gasteiger partial charge in [-0.15, -0.1) is 0 Å². The molecule has 1 atom stereocenters. The minimum Gasteiger partial charge on any atom is -0.452 e. The van der Waals surface area contributed by atoms with Crippen LogP contribution in [0.3, 0.4) is 0 Å². The average molecular weight is 395 g/mol. The summed E-state index contributed by atoms with van der Waals surface area (Å²) in [5, 5.41) is 5.35. The molecule has 0 bridgehead atoms. The number of esters is 1. The fourth-order valence-corrected chi connectivity index (χ4v) is 3.01. The van der Waals surface area contributed by atoms with Crippen LogP contribution in [0, 0.1) is 0 Å². The van der Waals surface area contributed by atoms with Crippen molar-refractivity contribution in [3.05, 3.63) is 54.1 Å². The van der Waals surface area contributed by atoms with Gasteiger partial charge in [0, 0.05) is 12.6 Å². The number of ether oxygens (including phenoxy) is 1. The van der Waals surface area contributed by atoms with E-state index in [-0.39, 0.29) is 24.8 Å². The fraction of sp³-hybridized carbons (Fsp3) is 0.238. The minimum atomic E-state index is -1.04. The molecule has 2 N–H and O–H groups in total. The maximum absolute atomic E-state index is 12.8. The van der Waals surface area contributed by atoms with Crippen molar-refractivity contribution in [1.82, 2.24) is 0 Å². The molecule has 0 spiro atoms. The molecular weight excluding hydrogens is 374 g/mol. The lowest BCUT2D eigenvalue weighted by molar-refractivity contribution is -0.153. The number of hydrogen-bond acceptors (Lipinski definition) is 5. The molecule has 0 aromatic heterocycles. The third-order valence-electron chi connectivity index (χ3n) is 4.32. The van der Waals surface area contributed by atoms with Crippen LogP contribution in [0.25, 0.3) is 0 Å². The average Bonchev–Trinajstić information content (AvgIpc) is 2.67. The molecule has 0 aliphatic carbocycles. The molecule has 1 aliphatic rings. The van der Waals surface area contributed by atoms with Crippen LogP contribution in [0.5, 0.6) is 0 Å². The summed E-state index contributed by atoms with van der Waals surface area (Å²) < 4.78 is 5.28. The van der Waals surface area contributed by atoms with E-state index in [0.717, 1.165) is 0 Å². The summed E-state index contributed by atoms with van der Waals surface area (Å²) in [5.74, 6) is -1.53. The first kappa shape index (κ1) is 20.1. The Kier molecular flexibility index (Phi) is 5.92. The van der Waals surface area contributed by atoms with Crippen molar-refractivity contribution in [3.8, 4) is 0 Å². The number of nitrogens with zero attached hydrogens (tertiary/aromatic N) is 1. The molecule has 0 saturated carbocycles. The number of hydrogen-bond donors (Lipinski definition) is 2. The molecule has 3 amide bonds. The summed E-state index contributed by atoms with van der Waals surface area (Å²) in [7, 11) is 0. The van der Waals surface area contributed by atoms with Crippen molar-refractivity contribution in [1.29, 1.82) is 0 Å². The summed E-state index contributed by atoms with van der Waals surface area (Å²) in [5.41, 5.74) is 2.41. The predicted octanol–water partition coefficient (Wildman–Crippen LogP) is 2.10. The van der Waals surface area contributed by atoms with Gasteiger partial charge in [0.2, 0.25) is 11.8 Å². The lowest BCUT2D eigenvalue weighted by Crippen LogP contribution is -2.47. The Labute approximate surface area is 167 Å². The molecule has 1 aliphatic heterocycles. The van der Waals surface area contributed by atoms with E-state index in [1.807, 2.05) is 0 Å². The molecule has 0 unspecified atom stereocenters. The van der Waals surface area contributed by atoms with Crippen molar-refractivity contribution < 1.29 is 23.9 Å². The lowest BCUT2D eigenvalue weighted by atomic mass is 10.1. The van der Waals surface area contributed by atoms with E-state index in [1.54, 1.807) is 48.5 Å². The fourth-order valence-electron chi connectivity index (χ4n) is 3.01. The molecule has 3 rings (SSSR count). The van der Waals surface area contributed by atoms with E-state index in [9.17, 15) is 19.2 Å². The van der Waals surface area contributed by atoms with Crippen LogP contribution in [0.15, 0.2) is 48.5 Å². The van der Waals surface area contributed by atoms with Crippen LogP contribution in [0.2, 0.25) is 0 Å². The Morgan fingerprint density at radius 3 is 2.52 bits per heavy atom.